The normalized spacial score (nSPS) is 14.0. The molecule has 164 valence electrons. The minimum Gasteiger partial charge on any atom is -0.290 e. The minimum absolute atomic E-state index is 0.186. The van der Waals surface area contributed by atoms with Crippen LogP contribution >= 0.6 is 11.6 Å². The van der Waals surface area contributed by atoms with Gasteiger partial charge in [-0.1, -0.05) is 42.0 Å². The first kappa shape index (κ1) is 21.2. The summed E-state index contributed by atoms with van der Waals surface area (Å²) in [6.45, 7) is 2.61. The summed E-state index contributed by atoms with van der Waals surface area (Å²) in [4.78, 5) is 25.0. The van der Waals surface area contributed by atoms with Gasteiger partial charge in [-0.3, -0.25) is 19.2 Å². The first-order chi connectivity index (χ1) is 16.1. The molecular formula is C26H20ClFN4O. The molecule has 0 N–H and O–H groups in total. The van der Waals surface area contributed by atoms with Crippen LogP contribution < -0.4 is 5.56 Å². The van der Waals surface area contributed by atoms with E-state index >= 15 is 0 Å². The molecule has 1 aliphatic heterocycles. The second kappa shape index (κ2) is 9.10. The van der Waals surface area contributed by atoms with Crippen LogP contribution in [0.3, 0.4) is 0 Å². The van der Waals surface area contributed by atoms with Crippen LogP contribution in [0.1, 0.15) is 17.2 Å². The largest absolute Gasteiger partial charge is 0.290 e. The summed E-state index contributed by atoms with van der Waals surface area (Å²) in [5.74, 6) is -0.118. The molecule has 4 aromatic rings. The van der Waals surface area contributed by atoms with E-state index in [1.54, 1.807) is 30.3 Å². The molecule has 0 saturated carbocycles. The molecule has 5 rings (SSSR count). The van der Waals surface area contributed by atoms with Crippen LogP contribution in [-0.2, 0) is 6.54 Å². The summed E-state index contributed by atoms with van der Waals surface area (Å²) in [5.41, 5.74) is 2.21. The molecule has 0 saturated heterocycles. The molecule has 2 aromatic heterocycles. The third kappa shape index (κ3) is 4.49. The zero-order valence-corrected chi connectivity index (χ0v) is 18.4. The molecule has 0 bridgehead atoms. The highest BCUT2D eigenvalue weighted by Gasteiger charge is 2.14. The van der Waals surface area contributed by atoms with E-state index in [2.05, 4.69) is 22.0 Å². The first-order valence-electron chi connectivity index (χ1n) is 10.6. The molecule has 0 amide bonds. The van der Waals surface area contributed by atoms with Gasteiger partial charge in [-0.05, 0) is 54.6 Å². The van der Waals surface area contributed by atoms with E-state index in [0.717, 1.165) is 31.0 Å². The van der Waals surface area contributed by atoms with Crippen LogP contribution in [0.25, 0.3) is 28.7 Å². The first-order valence-corrected chi connectivity index (χ1v) is 10.9. The Morgan fingerprint density at radius 3 is 2.61 bits per heavy atom. The van der Waals surface area contributed by atoms with E-state index in [4.69, 9.17) is 16.6 Å². The average Bonchev–Trinajstić information content (AvgIpc) is 3.32. The van der Waals surface area contributed by atoms with Gasteiger partial charge >= 0.3 is 0 Å². The van der Waals surface area contributed by atoms with Crippen molar-refractivity contribution < 1.29 is 4.39 Å². The van der Waals surface area contributed by atoms with Crippen LogP contribution in [-0.4, -0.2) is 32.5 Å². The molecule has 0 atom stereocenters. The average molecular weight is 459 g/mol. The van der Waals surface area contributed by atoms with Crippen molar-refractivity contribution in [3.05, 3.63) is 111 Å². The zero-order chi connectivity index (χ0) is 22.8. The van der Waals surface area contributed by atoms with Gasteiger partial charge < -0.3 is 0 Å². The molecule has 3 heterocycles. The van der Waals surface area contributed by atoms with Crippen molar-refractivity contribution in [1.29, 1.82) is 0 Å². The second-order valence-corrected chi connectivity index (χ2v) is 8.18. The van der Waals surface area contributed by atoms with E-state index in [9.17, 15) is 9.18 Å². The topological polar surface area (TPSA) is 51.0 Å². The lowest BCUT2D eigenvalue weighted by atomic mass is 10.2. The van der Waals surface area contributed by atoms with Gasteiger partial charge in [0.05, 0.1) is 33.0 Å². The Bertz CT molecular complexity index is 1450. The molecule has 0 spiro atoms. The number of benzene rings is 2. The summed E-state index contributed by atoms with van der Waals surface area (Å²) in [5, 5.41) is 0.581. The van der Waals surface area contributed by atoms with Crippen molar-refractivity contribution in [3.63, 3.8) is 0 Å². The number of hydrogen-bond donors (Lipinski definition) is 0. The van der Waals surface area contributed by atoms with Crippen LogP contribution in [0.4, 0.5) is 4.39 Å². The molecule has 0 fully saturated rings. The quantitative estimate of drug-likeness (QED) is 0.390. The lowest BCUT2D eigenvalue weighted by molar-refractivity contribution is 0.341. The van der Waals surface area contributed by atoms with Crippen LogP contribution in [0, 0.1) is 5.82 Å². The third-order valence-corrected chi connectivity index (χ3v) is 5.78. The lowest BCUT2D eigenvalue weighted by Gasteiger charge is -2.14. The fourth-order valence-electron chi connectivity index (χ4n) is 3.87. The molecule has 33 heavy (non-hydrogen) atoms. The Morgan fingerprint density at radius 1 is 0.970 bits per heavy atom. The number of fused-ring (bicyclic) bond motifs is 1. The Morgan fingerprint density at radius 2 is 1.79 bits per heavy atom. The smallest absolute Gasteiger partial charge is 0.266 e. The van der Waals surface area contributed by atoms with Gasteiger partial charge in [-0.15, -0.1) is 0 Å². The van der Waals surface area contributed by atoms with Gasteiger partial charge in [-0.25, -0.2) is 9.37 Å². The van der Waals surface area contributed by atoms with Crippen molar-refractivity contribution in [2.24, 2.45) is 0 Å². The van der Waals surface area contributed by atoms with E-state index in [1.807, 2.05) is 24.3 Å². The molecule has 2 aromatic carbocycles. The predicted octanol–water partition coefficient (Wildman–Crippen LogP) is 5.12. The van der Waals surface area contributed by atoms with Crippen molar-refractivity contribution in [2.75, 3.05) is 13.1 Å². The lowest BCUT2D eigenvalue weighted by Crippen LogP contribution is -2.22. The van der Waals surface area contributed by atoms with E-state index < -0.39 is 11.4 Å². The molecule has 1 aliphatic rings. The number of pyridine rings is 1. The summed E-state index contributed by atoms with van der Waals surface area (Å²) >= 11 is 6.40. The number of rotatable bonds is 5. The summed E-state index contributed by atoms with van der Waals surface area (Å²) in [7, 11) is 0. The van der Waals surface area contributed by atoms with E-state index in [-0.39, 0.29) is 5.39 Å². The zero-order valence-electron chi connectivity index (χ0n) is 17.7. The number of aromatic nitrogens is 3. The van der Waals surface area contributed by atoms with Gasteiger partial charge in [-0.2, -0.15) is 0 Å². The summed E-state index contributed by atoms with van der Waals surface area (Å²) in [6.07, 6.45) is 7.84. The molecular weight excluding hydrogens is 439 g/mol. The van der Waals surface area contributed by atoms with Gasteiger partial charge in [0.2, 0.25) is 0 Å². The SMILES string of the molecule is O=c1c2cc(F)ccc2nc(C=Cc2cccc(CN3CC=CC3)n2)n1-c1ccccc1Cl. The van der Waals surface area contributed by atoms with Crippen molar-refractivity contribution in [2.45, 2.75) is 6.54 Å². The fraction of sp³-hybridized carbons (Fsp3) is 0.115. The molecule has 0 aliphatic carbocycles. The highest BCUT2D eigenvalue weighted by molar-refractivity contribution is 6.32. The van der Waals surface area contributed by atoms with E-state index in [1.165, 1.54) is 22.8 Å². The Hall–Kier alpha value is -3.61. The maximum absolute atomic E-state index is 13.9. The van der Waals surface area contributed by atoms with Gasteiger partial charge in [0, 0.05) is 19.6 Å². The Labute approximate surface area is 195 Å². The van der Waals surface area contributed by atoms with Crippen molar-refractivity contribution >= 4 is 34.7 Å². The Balaban J connectivity index is 1.58. The maximum atomic E-state index is 13.9. The fourth-order valence-corrected chi connectivity index (χ4v) is 4.09. The molecule has 0 unspecified atom stereocenters. The number of nitrogens with zero attached hydrogens (tertiary/aromatic N) is 4. The third-order valence-electron chi connectivity index (χ3n) is 5.46. The number of halogens is 2. The van der Waals surface area contributed by atoms with Gasteiger partial charge in [0.25, 0.3) is 5.56 Å². The summed E-state index contributed by atoms with van der Waals surface area (Å²) in [6, 6.07) is 16.9. The Kier molecular flexibility index (Phi) is 5.86. The van der Waals surface area contributed by atoms with Gasteiger partial charge in [0.15, 0.2) is 0 Å². The maximum Gasteiger partial charge on any atom is 0.266 e. The van der Waals surface area contributed by atoms with Gasteiger partial charge in [0.1, 0.15) is 11.6 Å². The van der Waals surface area contributed by atoms with Crippen LogP contribution in [0.2, 0.25) is 5.02 Å². The second-order valence-electron chi connectivity index (χ2n) is 7.78. The monoisotopic (exact) mass is 458 g/mol. The highest BCUT2D eigenvalue weighted by atomic mass is 35.5. The molecule has 7 heteroatoms. The number of para-hydroxylation sites is 1. The van der Waals surface area contributed by atoms with Crippen molar-refractivity contribution in [3.8, 4) is 5.69 Å². The van der Waals surface area contributed by atoms with Crippen LogP contribution in [0.5, 0.6) is 0 Å². The summed E-state index contributed by atoms with van der Waals surface area (Å²) < 4.78 is 15.3. The van der Waals surface area contributed by atoms with Crippen LogP contribution in [0.15, 0.2) is 77.6 Å². The number of hydrogen-bond acceptors (Lipinski definition) is 4. The highest BCUT2D eigenvalue weighted by Crippen LogP contribution is 2.22. The van der Waals surface area contributed by atoms with E-state index in [0.29, 0.717) is 22.1 Å². The molecule has 5 nitrogen and oxygen atoms in total. The molecule has 0 radical (unpaired) electrons. The van der Waals surface area contributed by atoms with Crippen molar-refractivity contribution in [1.82, 2.24) is 19.4 Å². The standard InChI is InChI=1S/C26H20ClFN4O/c27-22-8-1-2-9-24(22)32-25(30-23-12-10-18(28)16-21(23)26(32)33)13-11-19-6-5-7-20(29-19)17-31-14-3-4-15-31/h1-13,16H,14-15,17H2. The predicted molar refractivity (Wildman–Crippen MR) is 130 cm³/mol. The minimum atomic E-state index is -0.496.